The molecular weight excluding hydrogens is 430 g/mol. The number of hydrogen-bond acceptors (Lipinski definition) is 6. The van der Waals surface area contributed by atoms with Crippen molar-refractivity contribution in [3.63, 3.8) is 0 Å². The van der Waals surface area contributed by atoms with Crippen LogP contribution >= 0.6 is 0 Å². The molecule has 0 radical (unpaired) electrons. The fraction of sp³-hybridized carbons (Fsp3) is 0.167. The molecule has 5 heterocycles. The van der Waals surface area contributed by atoms with Gasteiger partial charge in [0.1, 0.15) is 29.4 Å². The first-order chi connectivity index (χ1) is 16.7. The minimum atomic E-state index is -0.300. The summed E-state index contributed by atoms with van der Waals surface area (Å²) in [5.41, 5.74) is 1.93. The molecule has 0 unspecified atom stereocenters. The molecule has 0 amide bonds. The van der Waals surface area contributed by atoms with Gasteiger partial charge in [-0.25, -0.2) is 19.3 Å². The molecule has 5 aromatic rings. The lowest BCUT2D eigenvalue weighted by Gasteiger charge is -2.27. The zero-order valence-electron chi connectivity index (χ0n) is 17.9. The van der Waals surface area contributed by atoms with Crippen molar-refractivity contribution in [3.8, 4) is 11.8 Å². The summed E-state index contributed by atoms with van der Waals surface area (Å²) in [6.07, 6.45) is 6.36. The first-order valence-corrected chi connectivity index (χ1v) is 10.8. The van der Waals surface area contributed by atoms with Crippen molar-refractivity contribution in [2.24, 2.45) is 0 Å². The van der Waals surface area contributed by atoms with Crippen LogP contribution in [0.3, 0.4) is 0 Å². The van der Waals surface area contributed by atoms with Gasteiger partial charge in [0, 0.05) is 18.9 Å². The molecule has 4 aromatic heterocycles. The maximum atomic E-state index is 13.7. The van der Waals surface area contributed by atoms with E-state index in [9.17, 15) is 10.1 Å². The van der Waals surface area contributed by atoms with Crippen molar-refractivity contribution in [3.05, 3.63) is 88.3 Å². The lowest BCUT2D eigenvalue weighted by Crippen LogP contribution is -2.33. The van der Waals surface area contributed by atoms with Gasteiger partial charge in [-0.15, -0.1) is 0 Å². The summed E-state index contributed by atoms with van der Waals surface area (Å²) < 4.78 is 3.08. The zero-order valence-corrected chi connectivity index (χ0v) is 17.9. The summed E-state index contributed by atoms with van der Waals surface area (Å²) in [5, 5.41) is 15.1. The van der Waals surface area contributed by atoms with E-state index in [-0.39, 0.29) is 22.8 Å². The lowest BCUT2D eigenvalue weighted by molar-refractivity contribution is 0.602. The molecule has 1 aromatic carbocycles. The Bertz CT molecular complexity index is 1700. The smallest absolute Gasteiger partial charge is 0.271 e. The zero-order chi connectivity index (χ0) is 23.2. The Labute approximate surface area is 193 Å². The number of benzene rings is 1. The summed E-state index contributed by atoms with van der Waals surface area (Å²) in [4.78, 5) is 31.2. The molecule has 6 rings (SSSR count). The van der Waals surface area contributed by atoms with Crippen LogP contribution in [0.4, 0.5) is 11.5 Å². The van der Waals surface area contributed by atoms with E-state index in [0.29, 0.717) is 40.5 Å². The Morgan fingerprint density at radius 2 is 2.06 bits per heavy atom. The van der Waals surface area contributed by atoms with Gasteiger partial charge < -0.3 is 9.88 Å². The van der Waals surface area contributed by atoms with Crippen LogP contribution in [0.25, 0.3) is 27.1 Å². The number of H-pyrrole nitrogens is 1. The number of anilines is 1. The second kappa shape index (κ2) is 7.57. The van der Waals surface area contributed by atoms with Crippen molar-refractivity contribution in [1.29, 1.82) is 5.26 Å². The Morgan fingerprint density at radius 1 is 1.21 bits per heavy atom. The van der Waals surface area contributed by atoms with Gasteiger partial charge in [0.05, 0.1) is 29.3 Å². The molecule has 1 aliphatic heterocycles. The van der Waals surface area contributed by atoms with Gasteiger partial charge in [-0.3, -0.25) is 9.36 Å². The van der Waals surface area contributed by atoms with Gasteiger partial charge in [0.15, 0.2) is 5.82 Å². The standard InChI is InChI=1S/C24H17N9O/c1-26-17-9-11-32-20(17)24(34)33(16-6-3-2-4-7-16)22(30-32)18-8-5-10-31(18)23-19-15(12-25)13-27-21(19)28-14-29-23/h2-4,6-7,9,11,13-14,18H,5,8,10H2,(H,27,28,29)/t18-/m0/s1. The van der Waals surface area contributed by atoms with E-state index in [0.717, 1.165) is 12.8 Å². The SMILES string of the molecule is [C-]#[N+]c1ccn2nc([C@@H]3CCCN3c3ncnc4[nH]cc(C#N)c34)n(-c3ccccc3)c(=O)c12. The predicted molar refractivity (Wildman–Crippen MR) is 125 cm³/mol. The maximum Gasteiger partial charge on any atom is 0.271 e. The average Bonchev–Trinajstić information content (AvgIpc) is 3.61. The Hall–Kier alpha value is -4.96. The number of hydrogen-bond donors (Lipinski definition) is 1. The summed E-state index contributed by atoms with van der Waals surface area (Å²) in [7, 11) is 0. The normalized spacial score (nSPS) is 15.6. The van der Waals surface area contributed by atoms with Crippen molar-refractivity contribution in [2.75, 3.05) is 11.4 Å². The number of para-hydroxylation sites is 1. The number of nitrogens with zero attached hydrogens (tertiary/aromatic N) is 8. The minimum absolute atomic E-state index is 0.244. The minimum Gasteiger partial charge on any atom is -0.346 e. The third-order valence-electron chi connectivity index (χ3n) is 6.22. The van der Waals surface area contributed by atoms with E-state index >= 15 is 0 Å². The molecule has 0 saturated carbocycles. The number of aromatic nitrogens is 6. The van der Waals surface area contributed by atoms with Gasteiger partial charge in [-0.2, -0.15) is 10.4 Å². The molecule has 10 nitrogen and oxygen atoms in total. The highest BCUT2D eigenvalue weighted by Gasteiger charge is 2.34. The van der Waals surface area contributed by atoms with Gasteiger partial charge in [0.2, 0.25) is 5.69 Å². The Morgan fingerprint density at radius 3 is 2.85 bits per heavy atom. The average molecular weight is 447 g/mol. The molecule has 0 aliphatic carbocycles. The third kappa shape index (κ3) is 2.79. The van der Waals surface area contributed by atoms with E-state index in [1.165, 1.54) is 10.8 Å². The van der Waals surface area contributed by atoms with Crippen molar-refractivity contribution >= 4 is 28.1 Å². The van der Waals surface area contributed by atoms with E-state index in [1.807, 2.05) is 30.3 Å². The van der Waals surface area contributed by atoms with Gasteiger partial charge in [0.25, 0.3) is 5.56 Å². The summed E-state index contributed by atoms with van der Waals surface area (Å²) in [6.45, 7) is 8.15. The van der Waals surface area contributed by atoms with Crippen molar-refractivity contribution in [2.45, 2.75) is 18.9 Å². The summed E-state index contributed by atoms with van der Waals surface area (Å²) in [6, 6.07) is 12.9. The Kier molecular flexibility index (Phi) is 4.39. The van der Waals surface area contributed by atoms with E-state index < -0.39 is 0 Å². The fourth-order valence-electron chi connectivity index (χ4n) is 4.74. The first kappa shape index (κ1) is 19.7. The number of rotatable bonds is 3. The van der Waals surface area contributed by atoms with Crippen LogP contribution in [0, 0.1) is 17.9 Å². The highest BCUT2D eigenvalue weighted by atomic mass is 16.1. The van der Waals surface area contributed by atoms with E-state index in [2.05, 4.69) is 30.8 Å². The molecule has 0 spiro atoms. The lowest BCUT2D eigenvalue weighted by atomic mass is 10.1. The molecule has 0 bridgehead atoms. The molecule has 1 aliphatic rings. The van der Waals surface area contributed by atoms with Gasteiger partial charge in [-0.05, 0) is 31.0 Å². The largest absolute Gasteiger partial charge is 0.346 e. The molecule has 34 heavy (non-hydrogen) atoms. The monoisotopic (exact) mass is 447 g/mol. The van der Waals surface area contributed by atoms with Gasteiger partial charge in [-0.1, -0.05) is 18.2 Å². The number of aromatic amines is 1. The second-order valence-corrected chi connectivity index (χ2v) is 8.03. The van der Waals surface area contributed by atoms with Crippen molar-refractivity contribution in [1.82, 2.24) is 29.1 Å². The van der Waals surface area contributed by atoms with Gasteiger partial charge >= 0.3 is 0 Å². The summed E-state index contributed by atoms with van der Waals surface area (Å²) in [5.74, 6) is 1.18. The second-order valence-electron chi connectivity index (χ2n) is 8.03. The molecule has 1 saturated heterocycles. The highest BCUT2D eigenvalue weighted by molar-refractivity contribution is 5.93. The quantitative estimate of drug-likeness (QED) is 0.424. The van der Waals surface area contributed by atoms with Crippen LogP contribution in [-0.2, 0) is 0 Å². The van der Waals surface area contributed by atoms with Crippen molar-refractivity contribution < 1.29 is 0 Å². The van der Waals surface area contributed by atoms with Crippen LogP contribution in [0.15, 0.2) is 59.9 Å². The molecule has 10 heteroatoms. The molecular formula is C24H17N9O. The van der Waals surface area contributed by atoms with Crippen LogP contribution in [0.1, 0.15) is 30.3 Å². The topological polar surface area (TPSA) is 112 Å². The van der Waals surface area contributed by atoms with Crippen LogP contribution < -0.4 is 10.5 Å². The molecule has 1 N–H and O–H groups in total. The van der Waals surface area contributed by atoms with E-state index in [4.69, 9.17) is 11.7 Å². The van der Waals surface area contributed by atoms with Crippen LogP contribution in [-0.4, -0.2) is 35.7 Å². The highest BCUT2D eigenvalue weighted by Crippen LogP contribution is 2.38. The van der Waals surface area contributed by atoms with Crippen LogP contribution in [0.2, 0.25) is 0 Å². The predicted octanol–water partition coefficient (Wildman–Crippen LogP) is 3.52. The molecule has 164 valence electrons. The molecule has 1 atom stereocenters. The Balaban J connectivity index is 1.61. The maximum absolute atomic E-state index is 13.7. The number of fused-ring (bicyclic) bond motifs is 2. The fourth-order valence-corrected chi connectivity index (χ4v) is 4.74. The van der Waals surface area contributed by atoms with E-state index in [1.54, 1.807) is 23.0 Å². The first-order valence-electron chi connectivity index (χ1n) is 10.8. The third-order valence-corrected chi connectivity index (χ3v) is 6.22. The number of nitrogens with one attached hydrogen (secondary N) is 1. The van der Waals surface area contributed by atoms with Crippen LogP contribution in [0.5, 0.6) is 0 Å². The number of nitriles is 1. The molecule has 1 fully saturated rings. The summed E-state index contributed by atoms with van der Waals surface area (Å²) >= 11 is 0.